The van der Waals surface area contributed by atoms with Gasteiger partial charge in [-0.05, 0) is 67.0 Å². The predicted octanol–water partition coefficient (Wildman–Crippen LogP) is 5.21. The summed E-state index contributed by atoms with van der Waals surface area (Å²) in [5.74, 6) is 2.42. The fraction of sp³-hybridized carbons (Fsp3) is 0.462. The van der Waals surface area contributed by atoms with Gasteiger partial charge in [-0.3, -0.25) is 10.3 Å². The van der Waals surface area contributed by atoms with Gasteiger partial charge in [-0.25, -0.2) is 0 Å². The second-order valence-electron chi connectivity index (χ2n) is 9.37. The number of hydrogen-bond donors (Lipinski definition) is 1. The zero-order valence-electron chi connectivity index (χ0n) is 17.4. The molecule has 0 aromatic heterocycles. The van der Waals surface area contributed by atoms with E-state index in [9.17, 15) is 0 Å². The molecule has 0 unspecified atom stereocenters. The van der Waals surface area contributed by atoms with E-state index in [-0.39, 0.29) is 11.7 Å². The molecule has 156 valence electrons. The molecule has 4 aliphatic rings. The van der Waals surface area contributed by atoms with Crippen LogP contribution in [0.25, 0.3) is 5.70 Å². The van der Waals surface area contributed by atoms with Gasteiger partial charge >= 0.3 is 0 Å². The van der Waals surface area contributed by atoms with Crippen LogP contribution in [0, 0.1) is 5.92 Å². The van der Waals surface area contributed by atoms with E-state index < -0.39 is 0 Å². The standard InChI is InChI=1S/C26H29NO3/c1-2-6-20-14-22(13-19(20)5-1)29-25-15-21(9-10-24(25)28-17-18-7-8-18)23-16-26(30-27-23)11-3-4-12-26/h1-2,5-6,9-10,15-16,18,22,27H,3-4,7-8,11-14,17H2. The van der Waals surface area contributed by atoms with Crippen molar-refractivity contribution >= 4 is 5.70 Å². The van der Waals surface area contributed by atoms with Crippen LogP contribution in [0.3, 0.4) is 0 Å². The molecule has 1 N–H and O–H groups in total. The van der Waals surface area contributed by atoms with Gasteiger partial charge in [-0.1, -0.05) is 37.1 Å². The van der Waals surface area contributed by atoms with Crippen molar-refractivity contribution in [2.45, 2.75) is 63.1 Å². The van der Waals surface area contributed by atoms with Gasteiger partial charge in [-0.2, -0.15) is 0 Å². The lowest BCUT2D eigenvalue weighted by atomic mass is 10.00. The van der Waals surface area contributed by atoms with Crippen LogP contribution >= 0.6 is 0 Å². The number of hydrogen-bond acceptors (Lipinski definition) is 4. The molecular weight excluding hydrogens is 374 g/mol. The van der Waals surface area contributed by atoms with Crippen molar-refractivity contribution in [3.63, 3.8) is 0 Å². The van der Waals surface area contributed by atoms with Crippen LogP contribution in [0.1, 0.15) is 55.2 Å². The van der Waals surface area contributed by atoms with E-state index in [0.29, 0.717) is 5.92 Å². The molecule has 4 nitrogen and oxygen atoms in total. The highest BCUT2D eigenvalue weighted by molar-refractivity contribution is 5.68. The molecule has 2 aromatic carbocycles. The van der Waals surface area contributed by atoms with Crippen LogP contribution in [0.4, 0.5) is 0 Å². The van der Waals surface area contributed by atoms with Crippen molar-refractivity contribution in [1.82, 2.24) is 5.48 Å². The minimum Gasteiger partial charge on any atom is -0.489 e. The fourth-order valence-electron chi connectivity index (χ4n) is 5.00. The first kappa shape index (κ1) is 18.3. The van der Waals surface area contributed by atoms with Gasteiger partial charge in [0.05, 0.1) is 12.3 Å². The van der Waals surface area contributed by atoms with Gasteiger partial charge in [-0.15, -0.1) is 0 Å². The smallest absolute Gasteiger partial charge is 0.162 e. The van der Waals surface area contributed by atoms with Crippen molar-refractivity contribution < 1.29 is 14.3 Å². The number of nitrogens with one attached hydrogen (secondary N) is 1. The minimum atomic E-state index is -0.120. The quantitative estimate of drug-likeness (QED) is 0.719. The van der Waals surface area contributed by atoms with Crippen molar-refractivity contribution in [2.75, 3.05) is 6.61 Å². The summed E-state index contributed by atoms with van der Waals surface area (Å²) in [7, 11) is 0. The molecule has 4 heteroatoms. The van der Waals surface area contributed by atoms with Gasteiger partial charge < -0.3 is 9.47 Å². The highest BCUT2D eigenvalue weighted by atomic mass is 16.7. The van der Waals surface area contributed by atoms with E-state index in [4.69, 9.17) is 14.3 Å². The number of rotatable bonds is 6. The van der Waals surface area contributed by atoms with Gasteiger partial charge in [0.15, 0.2) is 11.5 Å². The zero-order valence-corrected chi connectivity index (χ0v) is 17.4. The first-order valence-corrected chi connectivity index (χ1v) is 11.4. The SMILES string of the molecule is C1=C(c2ccc(OCC3CC3)c(OC3Cc4ccccc4C3)c2)NOC12CCCC2. The molecule has 0 saturated heterocycles. The molecule has 0 atom stereocenters. The van der Waals surface area contributed by atoms with Crippen LogP contribution in [0.15, 0.2) is 48.5 Å². The topological polar surface area (TPSA) is 39.7 Å². The Bertz CT molecular complexity index is 947. The highest BCUT2D eigenvalue weighted by Gasteiger charge is 2.38. The molecule has 6 rings (SSSR count). The molecule has 1 aliphatic heterocycles. The highest BCUT2D eigenvalue weighted by Crippen LogP contribution is 2.41. The number of benzene rings is 2. The van der Waals surface area contributed by atoms with Crippen molar-refractivity contribution in [2.24, 2.45) is 5.92 Å². The van der Waals surface area contributed by atoms with Crippen LogP contribution in [0.5, 0.6) is 11.5 Å². The summed E-state index contributed by atoms with van der Waals surface area (Å²) in [5.41, 5.74) is 8.01. The van der Waals surface area contributed by atoms with Crippen molar-refractivity contribution in [1.29, 1.82) is 0 Å². The lowest BCUT2D eigenvalue weighted by Crippen LogP contribution is -2.25. The van der Waals surface area contributed by atoms with Crippen LogP contribution < -0.4 is 15.0 Å². The molecule has 1 heterocycles. The molecule has 0 radical (unpaired) electrons. The molecule has 3 aliphatic carbocycles. The van der Waals surface area contributed by atoms with Gasteiger partial charge in [0.2, 0.25) is 0 Å². The second-order valence-corrected chi connectivity index (χ2v) is 9.37. The molecule has 1 spiro atoms. The summed E-state index contributed by atoms with van der Waals surface area (Å²) < 4.78 is 12.7. The third-order valence-corrected chi connectivity index (χ3v) is 6.95. The Morgan fingerprint density at radius 1 is 0.967 bits per heavy atom. The van der Waals surface area contributed by atoms with Crippen LogP contribution in [-0.2, 0) is 17.7 Å². The number of fused-ring (bicyclic) bond motifs is 1. The first-order valence-electron chi connectivity index (χ1n) is 11.4. The third kappa shape index (κ3) is 3.58. The zero-order chi connectivity index (χ0) is 20.0. The van der Waals surface area contributed by atoms with E-state index in [0.717, 1.165) is 55.0 Å². The van der Waals surface area contributed by atoms with E-state index in [2.05, 4.69) is 54.0 Å². The summed E-state index contributed by atoms with van der Waals surface area (Å²) in [6.45, 7) is 0.785. The average Bonchev–Trinajstić information content (AvgIpc) is 3.14. The number of ether oxygens (including phenoxy) is 2. The Morgan fingerprint density at radius 2 is 1.73 bits per heavy atom. The normalized spacial score (nSPS) is 22.1. The lowest BCUT2D eigenvalue weighted by molar-refractivity contribution is -0.0289. The Kier molecular flexibility index (Phi) is 4.49. The van der Waals surface area contributed by atoms with E-state index >= 15 is 0 Å². The molecule has 2 fully saturated rings. The Balaban J connectivity index is 1.26. The summed E-state index contributed by atoms with van der Waals surface area (Å²) in [6, 6.07) is 15.0. The van der Waals surface area contributed by atoms with Gasteiger partial charge in [0, 0.05) is 18.4 Å². The first-order chi connectivity index (χ1) is 14.8. The molecule has 2 saturated carbocycles. The summed E-state index contributed by atoms with van der Waals surface area (Å²) in [5, 5.41) is 0. The molecule has 0 bridgehead atoms. The Labute approximate surface area is 178 Å². The van der Waals surface area contributed by atoms with E-state index in [1.807, 2.05) is 0 Å². The molecule has 0 amide bonds. The molecule has 30 heavy (non-hydrogen) atoms. The van der Waals surface area contributed by atoms with Crippen LogP contribution in [0.2, 0.25) is 0 Å². The Hall–Kier alpha value is -2.46. The Morgan fingerprint density at radius 3 is 2.47 bits per heavy atom. The fourth-order valence-corrected chi connectivity index (χ4v) is 5.00. The minimum absolute atomic E-state index is 0.120. The maximum absolute atomic E-state index is 6.54. The van der Waals surface area contributed by atoms with Crippen molar-refractivity contribution in [3.05, 3.63) is 65.2 Å². The van der Waals surface area contributed by atoms with E-state index in [1.165, 1.54) is 36.8 Å². The van der Waals surface area contributed by atoms with Gasteiger partial charge in [0.1, 0.15) is 11.7 Å². The predicted molar refractivity (Wildman–Crippen MR) is 116 cm³/mol. The van der Waals surface area contributed by atoms with Crippen molar-refractivity contribution in [3.8, 4) is 11.5 Å². The number of hydroxylamine groups is 1. The van der Waals surface area contributed by atoms with E-state index in [1.54, 1.807) is 0 Å². The maximum atomic E-state index is 6.54. The second kappa shape index (κ2) is 7.35. The summed E-state index contributed by atoms with van der Waals surface area (Å²) >= 11 is 0. The maximum Gasteiger partial charge on any atom is 0.162 e. The average molecular weight is 404 g/mol. The summed E-state index contributed by atoms with van der Waals surface area (Å²) in [6.07, 6.45) is 11.5. The van der Waals surface area contributed by atoms with Gasteiger partial charge in [0.25, 0.3) is 0 Å². The monoisotopic (exact) mass is 403 g/mol. The third-order valence-electron chi connectivity index (χ3n) is 6.95. The van der Waals surface area contributed by atoms with Crippen LogP contribution in [-0.4, -0.2) is 18.3 Å². The largest absolute Gasteiger partial charge is 0.489 e. The lowest BCUT2D eigenvalue weighted by Gasteiger charge is -2.18. The molecule has 2 aromatic rings. The molecular formula is C26H29NO3. The summed E-state index contributed by atoms with van der Waals surface area (Å²) in [4.78, 5) is 5.99.